The molecule has 13 heteroatoms. The van der Waals surface area contributed by atoms with Crippen molar-refractivity contribution in [2.75, 3.05) is 26.0 Å². The molecule has 2 heterocycles. The van der Waals surface area contributed by atoms with Gasteiger partial charge in [0, 0.05) is 15.9 Å². The van der Waals surface area contributed by atoms with E-state index in [0.717, 1.165) is 16.5 Å². The molecule has 0 saturated carbocycles. The van der Waals surface area contributed by atoms with Gasteiger partial charge < -0.3 is 26.0 Å². The lowest BCUT2D eigenvalue weighted by Crippen LogP contribution is -2.59. The van der Waals surface area contributed by atoms with Crippen molar-refractivity contribution in [3.05, 3.63) is 51.7 Å². The monoisotopic (exact) mass is 673 g/mol. The van der Waals surface area contributed by atoms with E-state index < -0.39 is 35.4 Å². The van der Waals surface area contributed by atoms with Gasteiger partial charge in [-0.1, -0.05) is 41.4 Å². The third-order valence-electron chi connectivity index (χ3n) is 7.65. The van der Waals surface area contributed by atoms with Crippen molar-refractivity contribution in [2.45, 2.75) is 58.2 Å². The number of carbonyl (C=O) groups excluding carboxylic acids is 3. The molecule has 3 aromatic rings. The summed E-state index contributed by atoms with van der Waals surface area (Å²) < 4.78 is 6.58. The maximum Gasteiger partial charge on any atom is 0.249 e. The molecule has 1 fully saturated rings. The molecule has 3 atom stereocenters. The summed E-state index contributed by atoms with van der Waals surface area (Å²) in [6.45, 7) is 6.15. The minimum atomic E-state index is -1.03. The van der Waals surface area contributed by atoms with Crippen LogP contribution >= 0.6 is 27.5 Å². The van der Waals surface area contributed by atoms with Crippen LogP contribution in [-0.4, -0.2) is 66.5 Å². The van der Waals surface area contributed by atoms with Crippen LogP contribution in [0.1, 0.15) is 39.2 Å². The van der Waals surface area contributed by atoms with Crippen molar-refractivity contribution in [3.63, 3.8) is 0 Å². The molecule has 0 spiro atoms. The Morgan fingerprint density at radius 1 is 1.19 bits per heavy atom. The van der Waals surface area contributed by atoms with Crippen LogP contribution in [0.25, 0.3) is 10.9 Å². The second-order valence-corrected chi connectivity index (χ2v) is 12.6. The summed E-state index contributed by atoms with van der Waals surface area (Å²) in [4.78, 5) is 48.3. The van der Waals surface area contributed by atoms with Crippen LogP contribution in [-0.2, 0) is 20.8 Å². The number of fused-ring (bicyclic) bond motifs is 1. The van der Waals surface area contributed by atoms with Crippen LogP contribution in [0.2, 0.25) is 5.02 Å². The predicted molar refractivity (Wildman–Crippen MR) is 171 cm³/mol. The Hall–Kier alpha value is -3.32. The molecule has 0 aliphatic carbocycles. The third kappa shape index (κ3) is 7.80. The number of imide groups is 1. The second-order valence-electron chi connectivity index (χ2n) is 11.3. The van der Waals surface area contributed by atoms with Gasteiger partial charge in [0.25, 0.3) is 0 Å². The highest BCUT2D eigenvalue weighted by Crippen LogP contribution is 2.36. The number of carbonyl (C=O) groups is 3. The predicted octanol–water partition coefficient (Wildman–Crippen LogP) is 3.85. The zero-order valence-corrected chi connectivity index (χ0v) is 27.1. The highest BCUT2D eigenvalue weighted by atomic mass is 79.9. The van der Waals surface area contributed by atoms with Crippen LogP contribution < -0.4 is 31.3 Å². The van der Waals surface area contributed by atoms with Gasteiger partial charge in [-0.25, -0.2) is 9.97 Å². The molecule has 1 aliphatic rings. The lowest BCUT2D eigenvalue weighted by atomic mass is 9.77. The standard InChI is InChI=1S/C30H37BrClN7O4/c1-16(33-4)27(40)38-25(29(42)39-28(41)22-7-6-10-34-22)30(2,3)14-17-11-19-23(13-24(17)43-5)35-15-36-26(19)37-21-9-8-18(31)12-20(21)32/h8-9,11-13,15-16,22,25,33-34H,6-7,10,14H2,1-5H3,(H,38,40)(H,35,36,37)(H,39,41,42)/t16-,22-,25+/m0/s1. The van der Waals surface area contributed by atoms with Gasteiger partial charge in [0.05, 0.1) is 35.4 Å². The largest absolute Gasteiger partial charge is 0.496 e. The van der Waals surface area contributed by atoms with Crippen LogP contribution in [0.5, 0.6) is 5.75 Å². The summed E-state index contributed by atoms with van der Waals surface area (Å²) in [5.41, 5.74) is 1.21. The van der Waals surface area contributed by atoms with Gasteiger partial charge in [-0.3, -0.25) is 19.7 Å². The first kappa shape index (κ1) is 32.6. The smallest absolute Gasteiger partial charge is 0.249 e. The highest BCUT2D eigenvalue weighted by Gasteiger charge is 2.39. The Kier molecular flexibility index (Phi) is 10.6. The van der Waals surface area contributed by atoms with Gasteiger partial charge in [-0.05, 0) is 75.0 Å². The SMILES string of the molecule is CN[C@@H](C)C(=O)N[C@H](C(=O)NC(=O)[C@@H]1CCCN1)C(C)(C)Cc1cc2c(Nc3ccc(Br)cc3Cl)ncnc2cc1OC. The fourth-order valence-corrected chi connectivity index (χ4v) is 5.79. The van der Waals surface area contributed by atoms with E-state index >= 15 is 0 Å². The molecule has 0 unspecified atom stereocenters. The molecule has 1 saturated heterocycles. The fourth-order valence-electron chi connectivity index (χ4n) is 5.07. The van der Waals surface area contributed by atoms with Gasteiger partial charge in [-0.2, -0.15) is 0 Å². The zero-order valence-electron chi connectivity index (χ0n) is 24.8. The van der Waals surface area contributed by atoms with Gasteiger partial charge in [0.15, 0.2) is 0 Å². The first-order valence-electron chi connectivity index (χ1n) is 14.0. The van der Waals surface area contributed by atoms with E-state index in [1.165, 1.54) is 6.33 Å². The average molecular weight is 675 g/mol. The third-order valence-corrected chi connectivity index (χ3v) is 8.45. The summed E-state index contributed by atoms with van der Waals surface area (Å²) in [6.07, 6.45) is 3.26. The molecule has 5 N–H and O–H groups in total. The van der Waals surface area contributed by atoms with E-state index in [1.54, 1.807) is 27.1 Å². The molecule has 2 aromatic carbocycles. The van der Waals surface area contributed by atoms with E-state index in [0.29, 0.717) is 52.6 Å². The molecule has 4 rings (SSSR count). The number of benzene rings is 2. The highest BCUT2D eigenvalue weighted by molar-refractivity contribution is 9.10. The van der Waals surface area contributed by atoms with Crippen LogP contribution in [0.15, 0.2) is 41.1 Å². The van der Waals surface area contributed by atoms with Crippen molar-refractivity contribution in [3.8, 4) is 5.75 Å². The average Bonchev–Trinajstić information content (AvgIpc) is 3.52. The molecule has 0 radical (unpaired) electrons. The number of ether oxygens (including phenoxy) is 1. The number of amides is 3. The van der Waals surface area contributed by atoms with Gasteiger partial charge in [0.1, 0.15) is 23.9 Å². The Morgan fingerprint density at radius 2 is 1.95 bits per heavy atom. The lowest BCUT2D eigenvalue weighted by molar-refractivity contribution is -0.137. The number of hydrogen-bond acceptors (Lipinski definition) is 9. The minimum absolute atomic E-state index is 0.307. The minimum Gasteiger partial charge on any atom is -0.496 e. The lowest BCUT2D eigenvalue weighted by Gasteiger charge is -2.35. The summed E-state index contributed by atoms with van der Waals surface area (Å²) in [6, 6.07) is 7.19. The van der Waals surface area contributed by atoms with Crippen molar-refractivity contribution < 1.29 is 19.1 Å². The first-order valence-corrected chi connectivity index (χ1v) is 15.2. The normalized spacial score (nSPS) is 16.4. The number of hydrogen-bond donors (Lipinski definition) is 5. The number of anilines is 2. The summed E-state index contributed by atoms with van der Waals surface area (Å²) in [5, 5.41) is 15.9. The molecular formula is C30H37BrClN7O4. The van der Waals surface area contributed by atoms with E-state index in [4.69, 9.17) is 16.3 Å². The molecule has 43 heavy (non-hydrogen) atoms. The molecule has 1 aromatic heterocycles. The number of aromatic nitrogens is 2. The molecule has 1 aliphatic heterocycles. The number of methoxy groups -OCH3 is 1. The number of nitrogens with one attached hydrogen (secondary N) is 5. The van der Waals surface area contributed by atoms with E-state index in [2.05, 4.69) is 52.5 Å². The maximum atomic E-state index is 13.6. The van der Waals surface area contributed by atoms with E-state index in [1.807, 2.05) is 38.1 Å². The van der Waals surface area contributed by atoms with Crippen molar-refractivity contribution in [1.82, 2.24) is 31.2 Å². The molecule has 0 bridgehead atoms. The number of rotatable bonds is 11. The molecular weight excluding hydrogens is 638 g/mol. The molecule has 3 amide bonds. The number of likely N-dealkylation sites (N-methyl/N-ethyl adjacent to an activating group) is 1. The van der Waals surface area contributed by atoms with Crippen molar-refractivity contribution >= 4 is 67.7 Å². The van der Waals surface area contributed by atoms with Crippen LogP contribution in [0, 0.1) is 5.41 Å². The van der Waals surface area contributed by atoms with Crippen LogP contribution in [0.3, 0.4) is 0 Å². The fraction of sp³-hybridized carbons (Fsp3) is 0.433. The van der Waals surface area contributed by atoms with Gasteiger partial charge in [-0.15, -0.1) is 0 Å². The zero-order chi connectivity index (χ0) is 31.3. The molecule has 11 nitrogen and oxygen atoms in total. The van der Waals surface area contributed by atoms with E-state index in [9.17, 15) is 14.4 Å². The Bertz CT molecular complexity index is 1510. The van der Waals surface area contributed by atoms with Crippen LogP contribution in [0.4, 0.5) is 11.5 Å². The van der Waals surface area contributed by atoms with E-state index in [-0.39, 0.29) is 5.91 Å². The number of nitrogens with zero attached hydrogens (tertiary/aromatic N) is 2. The second kappa shape index (κ2) is 14.0. The maximum absolute atomic E-state index is 13.6. The molecule has 230 valence electrons. The van der Waals surface area contributed by atoms with Gasteiger partial charge in [0.2, 0.25) is 17.7 Å². The quantitative estimate of drug-likeness (QED) is 0.205. The Balaban J connectivity index is 1.68. The first-order chi connectivity index (χ1) is 20.4. The van der Waals surface area contributed by atoms with Crippen molar-refractivity contribution in [2.24, 2.45) is 5.41 Å². The number of halogens is 2. The summed E-state index contributed by atoms with van der Waals surface area (Å²) in [7, 11) is 3.22. The summed E-state index contributed by atoms with van der Waals surface area (Å²) in [5.74, 6) is -0.236. The summed E-state index contributed by atoms with van der Waals surface area (Å²) >= 11 is 9.87. The Labute approximate surface area is 264 Å². The van der Waals surface area contributed by atoms with Crippen molar-refractivity contribution in [1.29, 1.82) is 0 Å². The van der Waals surface area contributed by atoms with Gasteiger partial charge >= 0.3 is 0 Å². The Morgan fingerprint density at radius 3 is 2.60 bits per heavy atom. The topological polar surface area (TPSA) is 146 Å².